The molecule has 0 spiro atoms. The van der Waals surface area contributed by atoms with E-state index in [9.17, 15) is 9.59 Å². The van der Waals surface area contributed by atoms with Gasteiger partial charge in [0.25, 0.3) is 0 Å². The van der Waals surface area contributed by atoms with Gasteiger partial charge in [0.05, 0.1) is 0 Å². The summed E-state index contributed by atoms with van der Waals surface area (Å²) in [5.41, 5.74) is 5.56. The number of hydrogen-bond acceptors (Lipinski definition) is 3. The molecular formula is C12H23N3O3. The number of carbonyl (C=O) groups is 2. The summed E-state index contributed by atoms with van der Waals surface area (Å²) >= 11 is 0. The Bertz CT molecular complexity index is 309. The highest BCUT2D eigenvalue weighted by Gasteiger charge is 2.30. The predicted octanol–water partition coefficient (Wildman–Crippen LogP) is 0.476. The first-order valence-electron chi connectivity index (χ1n) is 6.47. The van der Waals surface area contributed by atoms with Crippen molar-refractivity contribution in [3.8, 4) is 0 Å². The maximum absolute atomic E-state index is 12.0. The second-order valence-corrected chi connectivity index (χ2v) is 4.99. The standard InChI is InChI=1S/C12H23N3O3/c1-3-8(2)10(11(16)17)14-12(18)15-5-4-9(6-13)7-15/h8-10H,3-7,13H2,1-2H3,(H,14,18)(H,16,17). The third kappa shape index (κ3) is 3.60. The zero-order chi connectivity index (χ0) is 13.7. The second-order valence-electron chi connectivity index (χ2n) is 4.99. The largest absolute Gasteiger partial charge is 0.480 e. The molecule has 3 atom stereocenters. The number of carboxylic acid groups (broad SMARTS) is 1. The molecule has 1 fully saturated rings. The van der Waals surface area contributed by atoms with Crippen LogP contribution in [0.25, 0.3) is 0 Å². The molecule has 0 radical (unpaired) electrons. The molecule has 18 heavy (non-hydrogen) atoms. The lowest BCUT2D eigenvalue weighted by molar-refractivity contribution is -0.140. The summed E-state index contributed by atoms with van der Waals surface area (Å²) in [4.78, 5) is 24.7. The lowest BCUT2D eigenvalue weighted by Crippen LogP contribution is -2.50. The van der Waals surface area contributed by atoms with E-state index in [1.54, 1.807) is 4.90 Å². The fourth-order valence-corrected chi connectivity index (χ4v) is 2.12. The minimum Gasteiger partial charge on any atom is -0.480 e. The first-order chi connectivity index (χ1) is 8.49. The zero-order valence-electron chi connectivity index (χ0n) is 11.1. The molecule has 4 N–H and O–H groups in total. The van der Waals surface area contributed by atoms with Gasteiger partial charge in [-0.2, -0.15) is 0 Å². The van der Waals surface area contributed by atoms with Gasteiger partial charge in [-0.1, -0.05) is 20.3 Å². The van der Waals surface area contributed by atoms with Crippen LogP contribution in [0.2, 0.25) is 0 Å². The fourth-order valence-electron chi connectivity index (χ4n) is 2.12. The highest BCUT2D eigenvalue weighted by atomic mass is 16.4. The van der Waals surface area contributed by atoms with E-state index in [2.05, 4.69) is 5.32 Å². The van der Waals surface area contributed by atoms with E-state index >= 15 is 0 Å². The molecule has 6 nitrogen and oxygen atoms in total. The average Bonchev–Trinajstić information content (AvgIpc) is 2.83. The monoisotopic (exact) mass is 257 g/mol. The summed E-state index contributed by atoms with van der Waals surface area (Å²) in [6, 6.07) is -1.11. The summed E-state index contributed by atoms with van der Waals surface area (Å²) in [6.45, 7) is 5.58. The van der Waals surface area contributed by atoms with Crippen molar-refractivity contribution in [2.45, 2.75) is 32.7 Å². The van der Waals surface area contributed by atoms with Crippen molar-refractivity contribution in [2.75, 3.05) is 19.6 Å². The van der Waals surface area contributed by atoms with Gasteiger partial charge in [0, 0.05) is 13.1 Å². The Morgan fingerprint density at radius 2 is 2.22 bits per heavy atom. The van der Waals surface area contributed by atoms with E-state index in [0.717, 1.165) is 6.42 Å². The van der Waals surface area contributed by atoms with Crippen molar-refractivity contribution in [1.82, 2.24) is 10.2 Å². The molecule has 0 bridgehead atoms. The van der Waals surface area contributed by atoms with E-state index in [0.29, 0.717) is 32.0 Å². The normalized spacial score (nSPS) is 22.6. The van der Waals surface area contributed by atoms with Gasteiger partial charge >= 0.3 is 12.0 Å². The fraction of sp³-hybridized carbons (Fsp3) is 0.833. The highest BCUT2D eigenvalue weighted by molar-refractivity contribution is 5.82. The number of nitrogens with two attached hydrogens (primary N) is 1. The lowest BCUT2D eigenvalue weighted by atomic mass is 9.99. The number of likely N-dealkylation sites (tertiary alicyclic amines) is 1. The Balaban J connectivity index is 2.54. The molecule has 1 heterocycles. The van der Waals surface area contributed by atoms with Crippen LogP contribution in [-0.2, 0) is 4.79 Å². The van der Waals surface area contributed by atoms with E-state index in [1.807, 2.05) is 13.8 Å². The molecule has 0 aromatic heterocycles. The number of aliphatic carboxylic acids is 1. The molecule has 1 aliphatic rings. The van der Waals surface area contributed by atoms with Crippen LogP contribution in [0.15, 0.2) is 0 Å². The lowest BCUT2D eigenvalue weighted by Gasteiger charge is -2.24. The number of nitrogens with one attached hydrogen (secondary N) is 1. The summed E-state index contributed by atoms with van der Waals surface area (Å²) in [6.07, 6.45) is 1.60. The molecule has 0 saturated carbocycles. The number of rotatable bonds is 5. The van der Waals surface area contributed by atoms with Crippen molar-refractivity contribution in [2.24, 2.45) is 17.6 Å². The van der Waals surface area contributed by atoms with Crippen LogP contribution in [0.5, 0.6) is 0 Å². The summed E-state index contributed by atoms with van der Waals surface area (Å²) < 4.78 is 0. The number of urea groups is 1. The number of carbonyl (C=O) groups excluding carboxylic acids is 1. The number of hydrogen-bond donors (Lipinski definition) is 3. The van der Waals surface area contributed by atoms with Crippen molar-refractivity contribution in [3.05, 3.63) is 0 Å². The van der Waals surface area contributed by atoms with Crippen LogP contribution in [0.1, 0.15) is 26.7 Å². The Labute approximate surface area is 108 Å². The first-order valence-corrected chi connectivity index (χ1v) is 6.47. The molecule has 1 aliphatic heterocycles. The topological polar surface area (TPSA) is 95.7 Å². The highest BCUT2D eigenvalue weighted by Crippen LogP contribution is 2.15. The third-order valence-electron chi connectivity index (χ3n) is 3.66. The number of nitrogens with zero attached hydrogens (tertiary/aromatic N) is 1. The van der Waals surface area contributed by atoms with E-state index in [1.165, 1.54) is 0 Å². The van der Waals surface area contributed by atoms with Gasteiger partial charge in [0.15, 0.2) is 0 Å². The van der Waals surface area contributed by atoms with Crippen LogP contribution < -0.4 is 11.1 Å². The molecule has 2 amide bonds. The Hall–Kier alpha value is -1.30. The van der Waals surface area contributed by atoms with E-state index < -0.39 is 12.0 Å². The number of amides is 2. The van der Waals surface area contributed by atoms with Gasteiger partial charge < -0.3 is 21.1 Å². The minimum atomic E-state index is -0.979. The van der Waals surface area contributed by atoms with E-state index in [-0.39, 0.29) is 11.9 Å². The van der Waals surface area contributed by atoms with Crippen molar-refractivity contribution >= 4 is 12.0 Å². The molecule has 104 valence electrons. The van der Waals surface area contributed by atoms with Crippen LogP contribution in [0.3, 0.4) is 0 Å². The van der Waals surface area contributed by atoms with Crippen molar-refractivity contribution in [1.29, 1.82) is 0 Å². The van der Waals surface area contributed by atoms with Crippen molar-refractivity contribution in [3.63, 3.8) is 0 Å². The van der Waals surface area contributed by atoms with Gasteiger partial charge in [-0.15, -0.1) is 0 Å². The molecule has 0 aromatic rings. The van der Waals surface area contributed by atoms with Gasteiger partial charge in [-0.25, -0.2) is 9.59 Å². The third-order valence-corrected chi connectivity index (χ3v) is 3.66. The first kappa shape index (κ1) is 14.8. The molecule has 0 aromatic carbocycles. The van der Waals surface area contributed by atoms with Gasteiger partial charge in [-0.05, 0) is 24.8 Å². The maximum atomic E-state index is 12.0. The molecular weight excluding hydrogens is 234 g/mol. The van der Waals surface area contributed by atoms with Crippen molar-refractivity contribution < 1.29 is 14.7 Å². The summed E-state index contributed by atoms with van der Waals surface area (Å²) in [5.74, 6) is -0.728. The van der Waals surface area contributed by atoms with Gasteiger partial charge in [0.1, 0.15) is 6.04 Å². The quantitative estimate of drug-likeness (QED) is 0.667. The molecule has 6 heteroatoms. The predicted molar refractivity (Wildman–Crippen MR) is 68.1 cm³/mol. The maximum Gasteiger partial charge on any atom is 0.326 e. The Morgan fingerprint density at radius 3 is 2.67 bits per heavy atom. The molecule has 0 aliphatic carbocycles. The summed E-state index contributed by atoms with van der Waals surface area (Å²) in [5, 5.41) is 11.7. The smallest absolute Gasteiger partial charge is 0.326 e. The van der Waals surface area contributed by atoms with Crippen LogP contribution in [0.4, 0.5) is 4.79 Å². The summed E-state index contributed by atoms with van der Waals surface area (Å²) in [7, 11) is 0. The zero-order valence-corrected chi connectivity index (χ0v) is 11.1. The van der Waals surface area contributed by atoms with Gasteiger partial charge in [0.2, 0.25) is 0 Å². The Morgan fingerprint density at radius 1 is 1.56 bits per heavy atom. The molecule has 3 unspecified atom stereocenters. The van der Waals surface area contributed by atoms with Crippen LogP contribution in [0, 0.1) is 11.8 Å². The molecule has 1 saturated heterocycles. The minimum absolute atomic E-state index is 0.0839. The molecule has 1 rings (SSSR count). The van der Waals surface area contributed by atoms with Crippen LogP contribution in [-0.4, -0.2) is 47.7 Å². The second kappa shape index (κ2) is 6.58. The van der Waals surface area contributed by atoms with Crippen LogP contribution >= 0.6 is 0 Å². The average molecular weight is 257 g/mol. The number of carboxylic acids is 1. The van der Waals surface area contributed by atoms with E-state index in [4.69, 9.17) is 10.8 Å². The SMILES string of the molecule is CCC(C)C(NC(=O)N1CCC(CN)C1)C(=O)O. The van der Waals surface area contributed by atoms with Gasteiger partial charge in [-0.3, -0.25) is 0 Å². The Kier molecular flexibility index (Phi) is 5.40.